The van der Waals surface area contributed by atoms with Gasteiger partial charge < -0.3 is 4.74 Å². The topological polar surface area (TPSA) is 26.3 Å². The fourth-order valence-corrected chi connectivity index (χ4v) is 4.20. The van der Waals surface area contributed by atoms with Crippen LogP contribution in [-0.4, -0.2) is 11.4 Å². The van der Waals surface area contributed by atoms with Crippen molar-refractivity contribution in [1.82, 2.24) is 0 Å². The van der Waals surface area contributed by atoms with E-state index in [1.54, 1.807) is 0 Å². The Morgan fingerprint density at radius 2 is 1.94 bits per heavy atom. The van der Waals surface area contributed by atoms with Gasteiger partial charge in [-0.15, -0.1) is 0 Å². The molecule has 2 unspecified atom stereocenters. The minimum absolute atomic E-state index is 0.0149. The molecule has 0 aromatic heterocycles. The van der Waals surface area contributed by atoms with Crippen LogP contribution in [0.1, 0.15) is 46.0 Å². The molecule has 2 heteroatoms. The second-order valence-electron chi connectivity index (χ2n) is 5.93. The van der Waals surface area contributed by atoms with E-state index in [-0.39, 0.29) is 5.60 Å². The zero-order chi connectivity index (χ0) is 11.3. The van der Waals surface area contributed by atoms with E-state index >= 15 is 0 Å². The van der Waals surface area contributed by atoms with Crippen molar-refractivity contribution in [2.45, 2.75) is 51.6 Å². The molecule has 4 aliphatic rings. The van der Waals surface area contributed by atoms with Crippen molar-refractivity contribution in [2.24, 2.45) is 17.8 Å². The first-order chi connectivity index (χ1) is 7.62. The van der Waals surface area contributed by atoms with Crippen molar-refractivity contribution in [3.63, 3.8) is 0 Å². The molecule has 0 aromatic rings. The molecule has 4 aliphatic carbocycles. The van der Waals surface area contributed by atoms with Crippen molar-refractivity contribution in [1.29, 1.82) is 0 Å². The zero-order valence-electron chi connectivity index (χ0n) is 10.2. The monoisotopic (exact) mass is 220 g/mol. The Hall–Kier alpha value is -0.790. The van der Waals surface area contributed by atoms with Gasteiger partial charge in [0.2, 0.25) is 0 Å². The Morgan fingerprint density at radius 3 is 2.50 bits per heavy atom. The number of rotatable bonds is 2. The fraction of sp³-hybridized carbons (Fsp3) is 0.786. The number of hydrogen-bond donors (Lipinski definition) is 0. The SMILES string of the molecule is CC=C(C)OC12CC3CC(C1)C(=O)C(C3)C2. The summed E-state index contributed by atoms with van der Waals surface area (Å²) in [7, 11) is 0. The van der Waals surface area contributed by atoms with Crippen molar-refractivity contribution in [3.05, 3.63) is 11.8 Å². The molecule has 16 heavy (non-hydrogen) atoms. The van der Waals surface area contributed by atoms with Crippen LogP contribution in [0.2, 0.25) is 0 Å². The average molecular weight is 220 g/mol. The van der Waals surface area contributed by atoms with E-state index in [9.17, 15) is 4.79 Å². The predicted octanol–water partition coefficient (Wildman–Crippen LogP) is 3.07. The molecule has 2 nitrogen and oxygen atoms in total. The molecule has 88 valence electrons. The minimum atomic E-state index is 0.0149. The number of hydrogen-bond acceptors (Lipinski definition) is 2. The summed E-state index contributed by atoms with van der Waals surface area (Å²) in [6.45, 7) is 4.04. The third-order valence-corrected chi connectivity index (χ3v) is 4.72. The Kier molecular flexibility index (Phi) is 2.17. The van der Waals surface area contributed by atoms with Crippen LogP contribution in [0.25, 0.3) is 0 Å². The molecule has 4 rings (SSSR count). The molecule has 0 saturated heterocycles. The zero-order valence-corrected chi connectivity index (χ0v) is 10.2. The van der Waals surface area contributed by atoms with E-state index in [2.05, 4.69) is 0 Å². The molecule has 4 saturated carbocycles. The standard InChI is InChI=1S/C14H20O2/c1-3-9(2)16-14-6-10-4-11(7-14)13(15)12(5-10)8-14/h3,10-12H,4-8H2,1-2H3. The van der Waals surface area contributed by atoms with Gasteiger partial charge in [-0.25, -0.2) is 0 Å². The molecule has 0 heterocycles. The lowest BCUT2D eigenvalue weighted by Crippen LogP contribution is -2.56. The lowest BCUT2D eigenvalue weighted by atomic mass is 9.53. The van der Waals surface area contributed by atoms with Gasteiger partial charge >= 0.3 is 0 Å². The highest BCUT2D eigenvalue weighted by atomic mass is 16.5. The fourth-order valence-electron chi connectivity index (χ4n) is 4.20. The maximum atomic E-state index is 12.0. The van der Waals surface area contributed by atoms with Crippen LogP contribution in [0.3, 0.4) is 0 Å². The molecule has 0 N–H and O–H groups in total. The summed E-state index contributed by atoms with van der Waals surface area (Å²) in [5, 5.41) is 0. The summed E-state index contributed by atoms with van der Waals surface area (Å²) >= 11 is 0. The van der Waals surface area contributed by atoms with Crippen LogP contribution in [0.5, 0.6) is 0 Å². The summed E-state index contributed by atoms with van der Waals surface area (Å²) in [6, 6.07) is 0. The van der Waals surface area contributed by atoms with Crippen LogP contribution < -0.4 is 0 Å². The molecule has 0 radical (unpaired) electrons. The maximum Gasteiger partial charge on any atom is 0.139 e. The van der Waals surface area contributed by atoms with Crippen LogP contribution in [0, 0.1) is 17.8 Å². The highest BCUT2D eigenvalue weighted by Crippen LogP contribution is 2.56. The van der Waals surface area contributed by atoms with Crippen molar-refractivity contribution in [3.8, 4) is 0 Å². The number of Topliss-reactive ketones (excluding diaryl/α,β-unsaturated/α-hetero) is 1. The first-order valence-corrected chi connectivity index (χ1v) is 6.47. The molecule has 0 aromatic carbocycles. The average Bonchev–Trinajstić information content (AvgIpc) is 2.24. The second-order valence-corrected chi connectivity index (χ2v) is 5.93. The predicted molar refractivity (Wildman–Crippen MR) is 61.8 cm³/mol. The van der Waals surface area contributed by atoms with Crippen LogP contribution >= 0.6 is 0 Å². The molecular weight excluding hydrogens is 200 g/mol. The van der Waals surface area contributed by atoms with Gasteiger partial charge in [0.1, 0.15) is 11.4 Å². The van der Waals surface area contributed by atoms with Gasteiger partial charge in [-0.05, 0) is 57.9 Å². The smallest absolute Gasteiger partial charge is 0.139 e. The van der Waals surface area contributed by atoms with E-state index in [0.717, 1.165) is 37.4 Å². The van der Waals surface area contributed by atoms with E-state index in [1.807, 2.05) is 19.9 Å². The molecule has 4 bridgehead atoms. The summed E-state index contributed by atoms with van der Waals surface area (Å²) < 4.78 is 6.16. The lowest BCUT2D eigenvalue weighted by Gasteiger charge is -2.55. The van der Waals surface area contributed by atoms with Crippen molar-refractivity contribution < 1.29 is 9.53 Å². The number of carbonyl (C=O) groups is 1. The summed E-state index contributed by atoms with van der Waals surface area (Å²) in [5.74, 6) is 2.94. The van der Waals surface area contributed by atoms with Gasteiger partial charge in [0.05, 0.1) is 5.76 Å². The first kappa shape index (κ1) is 10.4. The van der Waals surface area contributed by atoms with E-state index < -0.39 is 0 Å². The van der Waals surface area contributed by atoms with Gasteiger partial charge in [0, 0.05) is 11.8 Å². The first-order valence-electron chi connectivity index (χ1n) is 6.47. The Balaban J connectivity index is 1.85. The van der Waals surface area contributed by atoms with E-state index in [1.165, 1.54) is 6.42 Å². The van der Waals surface area contributed by atoms with Gasteiger partial charge in [-0.1, -0.05) is 0 Å². The van der Waals surface area contributed by atoms with E-state index in [0.29, 0.717) is 17.6 Å². The number of ketones is 1. The van der Waals surface area contributed by atoms with E-state index in [4.69, 9.17) is 4.74 Å². The minimum Gasteiger partial charge on any atom is -0.492 e. The van der Waals surface area contributed by atoms with Crippen molar-refractivity contribution in [2.75, 3.05) is 0 Å². The van der Waals surface area contributed by atoms with Crippen LogP contribution in [0.4, 0.5) is 0 Å². The van der Waals surface area contributed by atoms with Gasteiger partial charge in [0.15, 0.2) is 0 Å². The quantitative estimate of drug-likeness (QED) is 0.668. The normalized spacial score (nSPS) is 46.2. The summed E-state index contributed by atoms with van der Waals surface area (Å²) in [4.78, 5) is 12.0. The Bertz CT molecular complexity index is 338. The lowest BCUT2D eigenvalue weighted by molar-refractivity contribution is -0.165. The number of ether oxygens (including phenoxy) is 1. The molecule has 2 atom stereocenters. The van der Waals surface area contributed by atoms with Gasteiger partial charge in [-0.2, -0.15) is 0 Å². The third kappa shape index (κ3) is 1.42. The molecule has 0 amide bonds. The molecule has 4 fully saturated rings. The maximum absolute atomic E-state index is 12.0. The largest absolute Gasteiger partial charge is 0.492 e. The van der Waals surface area contributed by atoms with Gasteiger partial charge in [-0.3, -0.25) is 4.79 Å². The molecular formula is C14H20O2. The Labute approximate surface area is 97.1 Å². The molecule has 0 aliphatic heterocycles. The van der Waals surface area contributed by atoms with Crippen LogP contribution in [0.15, 0.2) is 11.8 Å². The molecule has 0 spiro atoms. The summed E-state index contributed by atoms with van der Waals surface area (Å²) in [6.07, 6.45) is 7.43. The second kappa shape index (κ2) is 3.35. The number of carbonyl (C=O) groups excluding carboxylic acids is 1. The van der Waals surface area contributed by atoms with Gasteiger partial charge in [0.25, 0.3) is 0 Å². The van der Waals surface area contributed by atoms with Crippen LogP contribution in [-0.2, 0) is 9.53 Å². The Morgan fingerprint density at radius 1 is 1.31 bits per heavy atom. The number of allylic oxidation sites excluding steroid dienone is 2. The third-order valence-electron chi connectivity index (χ3n) is 4.72. The highest BCUT2D eigenvalue weighted by Gasteiger charge is 2.56. The van der Waals surface area contributed by atoms with Crippen molar-refractivity contribution >= 4 is 5.78 Å². The highest BCUT2D eigenvalue weighted by molar-refractivity contribution is 5.85. The summed E-state index contributed by atoms with van der Waals surface area (Å²) in [5.41, 5.74) is 0.0149.